The molecule has 0 spiro atoms. The van der Waals surface area contributed by atoms with Crippen molar-refractivity contribution in [2.75, 3.05) is 11.4 Å². The number of carbonyl (C=O) groups excluding carboxylic acids is 2. The molecule has 0 radical (unpaired) electrons. The Morgan fingerprint density at radius 2 is 1.93 bits per heavy atom. The van der Waals surface area contributed by atoms with Crippen LogP contribution in [0.4, 0.5) is 5.69 Å². The van der Waals surface area contributed by atoms with E-state index in [0.29, 0.717) is 13.0 Å². The van der Waals surface area contributed by atoms with Crippen LogP contribution in [0.2, 0.25) is 0 Å². The number of nitrogens with zero attached hydrogens (tertiary/aromatic N) is 1. The minimum atomic E-state index is -0.395. The number of ketones is 1. The number of hydrogen-bond donors (Lipinski definition) is 0. The van der Waals surface area contributed by atoms with Crippen molar-refractivity contribution in [1.82, 2.24) is 0 Å². The van der Waals surface area contributed by atoms with Crippen molar-refractivity contribution in [2.45, 2.75) is 12.8 Å². The molecule has 1 amide bonds. The monoisotopic (exact) mass is 267 g/mol. The van der Waals surface area contributed by atoms with Crippen molar-refractivity contribution < 1.29 is 9.59 Å². The number of rotatable bonds is 1. The third kappa shape index (κ3) is 1.95. The second-order valence-corrected chi connectivity index (χ2v) is 4.29. The third-order valence-electron chi connectivity index (χ3n) is 2.41. The van der Waals surface area contributed by atoms with Gasteiger partial charge < -0.3 is 4.90 Å². The predicted octanol–water partition coefficient (Wildman–Crippen LogP) is 2.14. The molecule has 15 heavy (non-hydrogen) atoms. The lowest BCUT2D eigenvalue weighted by Gasteiger charge is -2.26. The van der Waals surface area contributed by atoms with E-state index in [1.54, 1.807) is 0 Å². The maximum atomic E-state index is 11.6. The number of amides is 1. The fraction of sp³-hybridized carbons (Fsp3) is 0.273. The van der Waals surface area contributed by atoms with Gasteiger partial charge in [-0.1, -0.05) is 12.1 Å². The van der Waals surface area contributed by atoms with Crippen molar-refractivity contribution in [3.8, 4) is 0 Å². The number of hydrogen-bond acceptors (Lipinski definition) is 2. The summed E-state index contributed by atoms with van der Waals surface area (Å²) in [6.07, 6.45) is 1.12. The zero-order valence-electron chi connectivity index (χ0n) is 8.07. The van der Waals surface area contributed by atoms with E-state index in [2.05, 4.69) is 15.9 Å². The smallest absolute Gasteiger partial charge is 0.294 e. The van der Waals surface area contributed by atoms with E-state index in [1.807, 2.05) is 24.3 Å². The first-order chi connectivity index (χ1) is 7.20. The Balaban J connectivity index is 2.34. The SMILES string of the molecule is O=C1CCCN(c2ccccc2Br)C1=O. The van der Waals surface area contributed by atoms with Gasteiger partial charge in [-0.3, -0.25) is 9.59 Å². The number of anilines is 1. The first-order valence-electron chi connectivity index (χ1n) is 4.79. The highest BCUT2D eigenvalue weighted by atomic mass is 79.9. The highest BCUT2D eigenvalue weighted by Gasteiger charge is 2.28. The van der Waals surface area contributed by atoms with Crippen LogP contribution in [0.15, 0.2) is 28.7 Å². The van der Waals surface area contributed by atoms with Gasteiger partial charge in [0.25, 0.3) is 5.91 Å². The zero-order chi connectivity index (χ0) is 10.8. The summed E-state index contributed by atoms with van der Waals surface area (Å²) in [4.78, 5) is 24.5. The summed E-state index contributed by atoms with van der Waals surface area (Å²) in [6.45, 7) is 0.618. The highest BCUT2D eigenvalue weighted by Crippen LogP contribution is 2.27. The van der Waals surface area contributed by atoms with E-state index >= 15 is 0 Å². The molecular formula is C11H10BrNO2. The molecule has 0 unspecified atom stereocenters. The molecule has 1 aromatic carbocycles. The topological polar surface area (TPSA) is 37.4 Å². The Labute approximate surface area is 96.2 Å². The van der Waals surface area contributed by atoms with Crippen LogP contribution < -0.4 is 4.90 Å². The lowest BCUT2D eigenvalue weighted by Crippen LogP contribution is -2.41. The summed E-state index contributed by atoms with van der Waals surface area (Å²) in [7, 11) is 0. The molecule has 0 bridgehead atoms. The van der Waals surface area contributed by atoms with Crippen LogP contribution in [0, 0.1) is 0 Å². The van der Waals surface area contributed by atoms with Gasteiger partial charge in [-0.25, -0.2) is 0 Å². The standard InChI is InChI=1S/C11H10BrNO2/c12-8-4-1-2-5-9(8)13-7-3-6-10(14)11(13)15/h1-2,4-5H,3,6-7H2. The molecule has 3 nitrogen and oxygen atoms in total. The zero-order valence-corrected chi connectivity index (χ0v) is 9.66. The van der Waals surface area contributed by atoms with Crippen LogP contribution in [-0.2, 0) is 9.59 Å². The molecule has 1 aliphatic heterocycles. The van der Waals surface area contributed by atoms with Gasteiger partial charge >= 0.3 is 0 Å². The summed E-state index contributed by atoms with van der Waals surface area (Å²) in [5.41, 5.74) is 0.774. The Kier molecular flexibility index (Phi) is 2.86. The maximum absolute atomic E-state index is 11.6. The molecule has 0 saturated carbocycles. The van der Waals surface area contributed by atoms with Gasteiger partial charge in [-0.15, -0.1) is 0 Å². The van der Waals surface area contributed by atoms with Crippen LogP contribution in [0.3, 0.4) is 0 Å². The molecule has 1 aromatic rings. The number of benzene rings is 1. The molecule has 0 N–H and O–H groups in total. The fourth-order valence-electron chi connectivity index (χ4n) is 1.66. The molecule has 1 fully saturated rings. The number of Topliss-reactive ketones (excluding diaryl/α,β-unsaturated/α-hetero) is 1. The Hall–Kier alpha value is -1.16. The first kappa shape index (κ1) is 10.4. The maximum Gasteiger partial charge on any atom is 0.294 e. The van der Waals surface area contributed by atoms with Gasteiger partial charge in [0.1, 0.15) is 0 Å². The van der Waals surface area contributed by atoms with E-state index in [4.69, 9.17) is 0 Å². The highest BCUT2D eigenvalue weighted by molar-refractivity contribution is 9.10. The number of halogens is 1. The lowest BCUT2D eigenvalue weighted by molar-refractivity contribution is -0.137. The second kappa shape index (κ2) is 4.14. The number of carbonyl (C=O) groups is 2. The lowest BCUT2D eigenvalue weighted by atomic mass is 10.1. The van der Waals surface area contributed by atoms with Crippen molar-refractivity contribution in [3.63, 3.8) is 0 Å². The van der Waals surface area contributed by atoms with Gasteiger partial charge in [-0.2, -0.15) is 0 Å². The van der Waals surface area contributed by atoms with Gasteiger partial charge in [0.15, 0.2) is 0 Å². The average molecular weight is 268 g/mol. The van der Waals surface area contributed by atoms with Crippen molar-refractivity contribution in [1.29, 1.82) is 0 Å². The third-order valence-corrected chi connectivity index (χ3v) is 3.08. The molecule has 2 rings (SSSR count). The fourth-order valence-corrected chi connectivity index (χ4v) is 2.16. The van der Waals surface area contributed by atoms with Crippen molar-refractivity contribution >= 4 is 33.3 Å². The molecule has 78 valence electrons. The Morgan fingerprint density at radius 3 is 2.67 bits per heavy atom. The van der Waals surface area contributed by atoms with Gasteiger partial charge in [0.2, 0.25) is 5.78 Å². The largest absolute Gasteiger partial charge is 0.305 e. The summed E-state index contributed by atoms with van der Waals surface area (Å²) >= 11 is 3.37. The van der Waals surface area contributed by atoms with Crippen LogP contribution in [-0.4, -0.2) is 18.2 Å². The molecule has 0 aliphatic carbocycles. The van der Waals surface area contributed by atoms with E-state index in [-0.39, 0.29) is 5.78 Å². The molecule has 4 heteroatoms. The van der Waals surface area contributed by atoms with E-state index in [0.717, 1.165) is 16.6 Å². The van der Waals surface area contributed by atoms with Crippen LogP contribution in [0.1, 0.15) is 12.8 Å². The molecule has 1 aliphatic rings. The summed E-state index contributed by atoms with van der Waals surface area (Å²) in [5.74, 6) is -0.690. The van der Waals surface area contributed by atoms with Gasteiger partial charge in [0.05, 0.1) is 5.69 Å². The molecule has 0 atom stereocenters. The van der Waals surface area contributed by atoms with Crippen molar-refractivity contribution in [3.05, 3.63) is 28.7 Å². The number of para-hydroxylation sites is 1. The molecular weight excluding hydrogens is 258 g/mol. The Morgan fingerprint density at radius 1 is 1.20 bits per heavy atom. The van der Waals surface area contributed by atoms with E-state index in [9.17, 15) is 9.59 Å². The second-order valence-electron chi connectivity index (χ2n) is 3.43. The summed E-state index contributed by atoms with van der Waals surface area (Å²) in [6, 6.07) is 7.43. The average Bonchev–Trinajstić information content (AvgIpc) is 2.23. The summed E-state index contributed by atoms with van der Waals surface area (Å²) in [5, 5.41) is 0. The van der Waals surface area contributed by atoms with Crippen molar-refractivity contribution in [2.24, 2.45) is 0 Å². The van der Waals surface area contributed by atoms with E-state index < -0.39 is 5.91 Å². The quantitative estimate of drug-likeness (QED) is 0.732. The normalized spacial score (nSPS) is 17.0. The number of piperidine rings is 1. The molecule has 1 saturated heterocycles. The Bertz CT molecular complexity index is 417. The van der Waals surface area contributed by atoms with Crippen LogP contribution >= 0.6 is 15.9 Å². The van der Waals surface area contributed by atoms with Crippen LogP contribution in [0.25, 0.3) is 0 Å². The van der Waals surface area contributed by atoms with E-state index in [1.165, 1.54) is 4.90 Å². The molecule has 1 heterocycles. The minimum absolute atomic E-state index is 0.294. The first-order valence-corrected chi connectivity index (χ1v) is 5.58. The molecule has 0 aromatic heterocycles. The summed E-state index contributed by atoms with van der Waals surface area (Å²) < 4.78 is 0.841. The van der Waals surface area contributed by atoms with Gasteiger partial charge in [-0.05, 0) is 34.5 Å². The minimum Gasteiger partial charge on any atom is -0.305 e. The van der Waals surface area contributed by atoms with Gasteiger partial charge in [0, 0.05) is 17.4 Å². The predicted molar refractivity (Wildman–Crippen MR) is 60.7 cm³/mol. The van der Waals surface area contributed by atoms with Crippen LogP contribution in [0.5, 0.6) is 0 Å².